The van der Waals surface area contributed by atoms with E-state index < -0.39 is 0 Å². The smallest absolute Gasteiger partial charge is 0.0660 e. The highest BCUT2D eigenvalue weighted by molar-refractivity contribution is 4.84. The normalized spacial score (nSPS) is 28.1. The van der Waals surface area contributed by atoms with E-state index in [0.29, 0.717) is 0 Å². The number of hydrogen-bond acceptors (Lipinski definition) is 3. The molecule has 0 atom stereocenters. The van der Waals surface area contributed by atoms with E-state index in [1.807, 2.05) is 0 Å². The van der Waals surface area contributed by atoms with Gasteiger partial charge in [0.05, 0.1) is 5.60 Å². The minimum absolute atomic E-state index is 0.332. The lowest BCUT2D eigenvalue weighted by atomic mass is 9.82. The SMILES string of the molecule is CN1CCN(CCC2(O)CCCCC2)CC1. The minimum atomic E-state index is -0.332. The van der Waals surface area contributed by atoms with Crippen LogP contribution in [0.4, 0.5) is 0 Å². The third-order valence-electron chi connectivity index (χ3n) is 4.27. The van der Waals surface area contributed by atoms with Gasteiger partial charge in [0.1, 0.15) is 0 Å². The van der Waals surface area contributed by atoms with E-state index in [0.717, 1.165) is 25.8 Å². The summed E-state index contributed by atoms with van der Waals surface area (Å²) in [6.45, 7) is 5.79. The molecule has 0 bridgehead atoms. The second-order valence-electron chi connectivity index (χ2n) is 5.68. The molecule has 1 heterocycles. The van der Waals surface area contributed by atoms with Crippen LogP contribution in [-0.4, -0.2) is 60.3 Å². The van der Waals surface area contributed by atoms with Crippen LogP contribution in [0.15, 0.2) is 0 Å². The number of aliphatic hydroxyl groups is 1. The molecule has 3 nitrogen and oxygen atoms in total. The third-order valence-corrected chi connectivity index (χ3v) is 4.27. The van der Waals surface area contributed by atoms with Crippen molar-refractivity contribution in [3.8, 4) is 0 Å². The fourth-order valence-corrected chi connectivity index (χ4v) is 2.90. The van der Waals surface area contributed by atoms with E-state index >= 15 is 0 Å². The van der Waals surface area contributed by atoms with Gasteiger partial charge in [0.15, 0.2) is 0 Å². The quantitative estimate of drug-likeness (QED) is 0.786. The van der Waals surface area contributed by atoms with Gasteiger partial charge in [0, 0.05) is 32.7 Å². The summed E-state index contributed by atoms with van der Waals surface area (Å²) in [5.41, 5.74) is -0.332. The van der Waals surface area contributed by atoms with E-state index in [1.54, 1.807) is 0 Å². The van der Waals surface area contributed by atoms with E-state index in [4.69, 9.17) is 0 Å². The Kier molecular flexibility index (Phi) is 4.22. The average Bonchev–Trinajstić information content (AvgIpc) is 2.29. The maximum absolute atomic E-state index is 10.4. The first-order valence-electron chi connectivity index (χ1n) is 6.81. The highest BCUT2D eigenvalue weighted by Crippen LogP contribution is 2.30. The standard InChI is InChI=1S/C13H26N2O/c1-14-9-11-15(12-10-14)8-7-13(16)5-3-2-4-6-13/h16H,2-12H2,1H3. The van der Waals surface area contributed by atoms with Crippen LogP contribution in [-0.2, 0) is 0 Å². The predicted octanol–water partition coefficient (Wildman–Crippen LogP) is 1.32. The molecule has 2 rings (SSSR count). The maximum atomic E-state index is 10.4. The molecule has 1 N–H and O–H groups in total. The van der Waals surface area contributed by atoms with E-state index in [1.165, 1.54) is 45.4 Å². The van der Waals surface area contributed by atoms with Crippen LogP contribution < -0.4 is 0 Å². The van der Waals surface area contributed by atoms with Gasteiger partial charge in [0.25, 0.3) is 0 Å². The van der Waals surface area contributed by atoms with Gasteiger partial charge in [-0.3, -0.25) is 0 Å². The molecule has 1 aliphatic heterocycles. The minimum Gasteiger partial charge on any atom is -0.390 e. The monoisotopic (exact) mass is 226 g/mol. The van der Waals surface area contributed by atoms with Crippen LogP contribution in [0.3, 0.4) is 0 Å². The van der Waals surface area contributed by atoms with Crippen LogP contribution in [0.1, 0.15) is 38.5 Å². The molecule has 1 saturated carbocycles. The van der Waals surface area contributed by atoms with Gasteiger partial charge in [-0.25, -0.2) is 0 Å². The van der Waals surface area contributed by atoms with Gasteiger partial charge in [-0.1, -0.05) is 19.3 Å². The molecule has 2 aliphatic rings. The molecule has 0 unspecified atom stereocenters. The Bertz CT molecular complexity index is 206. The molecule has 94 valence electrons. The van der Waals surface area contributed by atoms with Crippen molar-refractivity contribution in [1.82, 2.24) is 9.80 Å². The Morgan fingerprint density at radius 3 is 2.25 bits per heavy atom. The van der Waals surface area contributed by atoms with Crippen LogP contribution in [0.2, 0.25) is 0 Å². The van der Waals surface area contributed by atoms with Crippen molar-refractivity contribution in [3.63, 3.8) is 0 Å². The molecule has 1 saturated heterocycles. The van der Waals surface area contributed by atoms with Crippen LogP contribution >= 0.6 is 0 Å². The first-order chi connectivity index (χ1) is 7.68. The van der Waals surface area contributed by atoms with Crippen LogP contribution in [0, 0.1) is 0 Å². The highest BCUT2D eigenvalue weighted by atomic mass is 16.3. The van der Waals surface area contributed by atoms with Gasteiger partial charge in [-0.05, 0) is 26.3 Å². The fourth-order valence-electron chi connectivity index (χ4n) is 2.90. The Morgan fingerprint density at radius 1 is 1.00 bits per heavy atom. The first-order valence-corrected chi connectivity index (χ1v) is 6.81. The largest absolute Gasteiger partial charge is 0.390 e. The maximum Gasteiger partial charge on any atom is 0.0660 e. The Balaban J connectivity index is 1.70. The van der Waals surface area contributed by atoms with Crippen LogP contribution in [0.25, 0.3) is 0 Å². The summed E-state index contributed by atoms with van der Waals surface area (Å²) >= 11 is 0. The summed E-state index contributed by atoms with van der Waals surface area (Å²) in [5, 5.41) is 10.4. The number of likely N-dealkylation sites (N-methyl/N-ethyl adjacent to an activating group) is 1. The summed E-state index contributed by atoms with van der Waals surface area (Å²) in [7, 11) is 2.19. The number of piperazine rings is 1. The lowest BCUT2D eigenvalue weighted by Gasteiger charge is -2.37. The van der Waals surface area contributed by atoms with Gasteiger partial charge >= 0.3 is 0 Å². The third kappa shape index (κ3) is 3.44. The topological polar surface area (TPSA) is 26.7 Å². The Hall–Kier alpha value is -0.120. The van der Waals surface area contributed by atoms with Crippen molar-refractivity contribution < 1.29 is 5.11 Å². The van der Waals surface area contributed by atoms with Crippen molar-refractivity contribution in [2.75, 3.05) is 39.8 Å². The second-order valence-corrected chi connectivity index (χ2v) is 5.68. The summed E-state index contributed by atoms with van der Waals surface area (Å²) < 4.78 is 0. The van der Waals surface area contributed by atoms with E-state index in [2.05, 4.69) is 16.8 Å². The molecule has 16 heavy (non-hydrogen) atoms. The second kappa shape index (κ2) is 5.48. The predicted molar refractivity (Wildman–Crippen MR) is 66.6 cm³/mol. The summed E-state index contributed by atoms with van der Waals surface area (Å²) in [6.07, 6.45) is 6.80. The van der Waals surface area contributed by atoms with Crippen molar-refractivity contribution in [1.29, 1.82) is 0 Å². The lowest BCUT2D eigenvalue weighted by molar-refractivity contribution is -0.0143. The molecule has 0 aromatic heterocycles. The molecule has 1 aliphatic carbocycles. The Labute approximate surface area is 99.4 Å². The average molecular weight is 226 g/mol. The van der Waals surface area contributed by atoms with Crippen molar-refractivity contribution in [3.05, 3.63) is 0 Å². The van der Waals surface area contributed by atoms with Gasteiger partial charge in [0.2, 0.25) is 0 Å². The molecular weight excluding hydrogens is 200 g/mol. The lowest BCUT2D eigenvalue weighted by Crippen LogP contribution is -2.46. The molecular formula is C13H26N2O. The molecule has 0 aromatic rings. The van der Waals surface area contributed by atoms with Crippen LogP contribution in [0.5, 0.6) is 0 Å². The van der Waals surface area contributed by atoms with Crippen molar-refractivity contribution in [2.45, 2.75) is 44.1 Å². The molecule has 0 amide bonds. The van der Waals surface area contributed by atoms with Crippen molar-refractivity contribution in [2.24, 2.45) is 0 Å². The zero-order valence-corrected chi connectivity index (χ0v) is 10.6. The van der Waals surface area contributed by atoms with Crippen molar-refractivity contribution >= 4 is 0 Å². The zero-order valence-electron chi connectivity index (χ0n) is 10.6. The summed E-state index contributed by atoms with van der Waals surface area (Å²) in [4.78, 5) is 4.89. The number of nitrogens with zero attached hydrogens (tertiary/aromatic N) is 2. The Morgan fingerprint density at radius 2 is 1.62 bits per heavy atom. The zero-order chi connectivity index (χ0) is 11.4. The highest BCUT2D eigenvalue weighted by Gasteiger charge is 2.29. The summed E-state index contributed by atoms with van der Waals surface area (Å²) in [5.74, 6) is 0. The van der Waals surface area contributed by atoms with Gasteiger partial charge in [-0.15, -0.1) is 0 Å². The van der Waals surface area contributed by atoms with Gasteiger partial charge < -0.3 is 14.9 Å². The summed E-state index contributed by atoms with van der Waals surface area (Å²) in [6, 6.07) is 0. The van der Waals surface area contributed by atoms with E-state index in [9.17, 15) is 5.11 Å². The molecule has 0 spiro atoms. The molecule has 0 radical (unpaired) electrons. The molecule has 2 fully saturated rings. The molecule has 3 heteroatoms. The number of hydrogen-bond donors (Lipinski definition) is 1. The van der Waals surface area contributed by atoms with E-state index in [-0.39, 0.29) is 5.60 Å². The number of rotatable bonds is 3. The first kappa shape index (κ1) is 12.3. The fraction of sp³-hybridized carbons (Fsp3) is 1.00. The molecule has 0 aromatic carbocycles. The van der Waals surface area contributed by atoms with Gasteiger partial charge in [-0.2, -0.15) is 0 Å².